The zero-order valence-corrected chi connectivity index (χ0v) is 14.9. The van der Waals surface area contributed by atoms with E-state index in [-0.39, 0.29) is 28.6 Å². The smallest absolute Gasteiger partial charge is 0.287 e. The van der Waals surface area contributed by atoms with Gasteiger partial charge in [0.15, 0.2) is 0 Å². The van der Waals surface area contributed by atoms with Crippen LogP contribution < -0.4 is 10.9 Å². The van der Waals surface area contributed by atoms with E-state index in [2.05, 4.69) is 10.4 Å². The van der Waals surface area contributed by atoms with E-state index in [9.17, 15) is 4.79 Å². The van der Waals surface area contributed by atoms with Crippen LogP contribution in [0.5, 0.6) is 0 Å². The van der Waals surface area contributed by atoms with Crippen LogP contribution in [0.25, 0.3) is 0 Å². The summed E-state index contributed by atoms with van der Waals surface area (Å²) < 4.78 is 12.6. The molecule has 2 fully saturated rings. The molecule has 0 bridgehead atoms. The van der Waals surface area contributed by atoms with Gasteiger partial charge in [-0.05, 0) is 19.3 Å². The number of rotatable bonds is 5. The molecule has 134 valence electrons. The van der Waals surface area contributed by atoms with Gasteiger partial charge in [-0.3, -0.25) is 4.79 Å². The summed E-state index contributed by atoms with van der Waals surface area (Å²) in [5.41, 5.74) is 0.394. The van der Waals surface area contributed by atoms with E-state index in [1.807, 2.05) is 0 Å². The Bertz CT molecular complexity index is 601. The van der Waals surface area contributed by atoms with E-state index >= 15 is 0 Å². The molecule has 1 aliphatic carbocycles. The van der Waals surface area contributed by atoms with Crippen LogP contribution in [0.3, 0.4) is 0 Å². The SMILES string of the molecule is COC1CCOCC1CNc1cnn(C2CCCCC2)c(=O)c1Cl. The van der Waals surface area contributed by atoms with Crippen molar-refractivity contribution in [2.75, 3.05) is 32.2 Å². The van der Waals surface area contributed by atoms with E-state index in [1.54, 1.807) is 18.0 Å². The van der Waals surface area contributed by atoms with E-state index in [0.717, 1.165) is 38.7 Å². The van der Waals surface area contributed by atoms with E-state index < -0.39 is 0 Å². The van der Waals surface area contributed by atoms with Crippen LogP contribution in [0.1, 0.15) is 44.6 Å². The molecule has 7 heteroatoms. The molecule has 1 N–H and O–H groups in total. The fourth-order valence-corrected chi connectivity index (χ4v) is 3.87. The molecule has 0 spiro atoms. The van der Waals surface area contributed by atoms with Gasteiger partial charge in [-0.2, -0.15) is 5.10 Å². The number of aromatic nitrogens is 2. The Hall–Kier alpha value is -1.11. The van der Waals surface area contributed by atoms with Crippen molar-refractivity contribution in [1.82, 2.24) is 9.78 Å². The molecule has 1 aliphatic heterocycles. The predicted octanol–water partition coefficient (Wildman–Crippen LogP) is 2.87. The first-order valence-electron chi connectivity index (χ1n) is 8.82. The number of hydrogen-bond donors (Lipinski definition) is 1. The van der Waals surface area contributed by atoms with Crippen molar-refractivity contribution >= 4 is 17.3 Å². The summed E-state index contributed by atoms with van der Waals surface area (Å²) in [6, 6.07) is 0.183. The highest BCUT2D eigenvalue weighted by atomic mass is 35.5. The Labute approximate surface area is 147 Å². The second-order valence-corrected chi connectivity index (χ2v) is 7.07. The number of nitrogens with zero attached hydrogens (tertiary/aromatic N) is 2. The van der Waals surface area contributed by atoms with Crippen molar-refractivity contribution < 1.29 is 9.47 Å². The lowest BCUT2D eigenvalue weighted by Gasteiger charge is -2.30. The van der Waals surface area contributed by atoms with Gasteiger partial charge in [-0.15, -0.1) is 0 Å². The van der Waals surface area contributed by atoms with Crippen molar-refractivity contribution in [1.29, 1.82) is 0 Å². The molecule has 2 atom stereocenters. The van der Waals surface area contributed by atoms with Crippen LogP contribution in [-0.2, 0) is 9.47 Å². The first-order valence-corrected chi connectivity index (χ1v) is 9.20. The molecule has 0 amide bonds. The Kier molecular flexibility index (Phi) is 6.14. The third-order valence-corrected chi connectivity index (χ3v) is 5.49. The number of methoxy groups -OCH3 is 1. The molecule has 1 saturated carbocycles. The van der Waals surface area contributed by atoms with Crippen LogP contribution in [0.4, 0.5) is 5.69 Å². The molecule has 2 heterocycles. The minimum absolute atomic E-state index is 0.167. The molecule has 0 aromatic carbocycles. The molecule has 6 nitrogen and oxygen atoms in total. The predicted molar refractivity (Wildman–Crippen MR) is 93.8 cm³/mol. The highest BCUT2D eigenvalue weighted by molar-refractivity contribution is 6.32. The Morgan fingerprint density at radius 1 is 1.38 bits per heavy atom. The molecule has 1 aromatic rings. The topological polar surface area (TPSA) is 65.4 Å². The van der Waals surface area contributed by atoms with Gasteiger partial charge in [-0.1, -0.05) is 30.9 Å². The number of nitrogens with one attached hydrogen (secondary N) is 1. The van der Waals surface area contributed by atoms with Crippen molar-refractivity contribution in [3.05, 3.63) is 21.6 Å². The summed E-state index contributed by atoms with van der Waals surface area (Å²) in [4.78, 5) is 12.5. The Morgan fingerprint density at radius 2 is 2.17 bits per heavy atom. The summed E-state index contributed by atoms with van der Waals surface area (Å²) >= 11 is 6.31. The van der Waals surface area contributed by atoms with Crippen LogP contribution in [0, 0.1) is 5.92 Å². The number of ether oxygens (including phenoxy) is 2. The van der Waals surface area contributed by atoms with Gasteiger partial charge in [-0.25, -0.2) is 4.68 Å². The quantitative estimate of drug-likeness (QED) is 0.879. The van der Waals surface area contributed by atoms with E-state index in [1.165, 1.54) is 6.42 Å². The van der Waals surface area contributed by atoms with Gasteiger partial charge in [0.25, 0.3) is 5.56 Å². The molecule has 0 radical (unpaired) electrons. The minimum atomic E-state index is -0.197. The number of hydrogen-bond acceptors (Lipinski definition) is 5. The molecular weight excluding hydrogens is 330 g/mol. The molecule has 3 rings (SSSR count). The van der Waals surface area contributed by atoms with Gasteiger partial charge in [0.2, 0.25) is 0 Å². The molecular formula is C17H26ClN3O3. The van der Waals surface area contributed by atoms with Crippen molar-refractivity contribution in [3.63, 3.8) is 0 Å². The lowest BCUT2D eigenvalue weighted by molar-refractivity contribution is -0.0512. The van der Waals surface area contributed by atoms with Crippen molar-refractivity contribution in [2.24, 2.45) is 5.92 Å². The van der Waals surface area contributed by atoms with Gasteiger partial charge in [0, 0.05) is 26.2 Å². The summed E-state index contributed by atoms with van der Waals surface area (Å²) in [6.45, 7) is 2.03. The number of anilines is 1. The monoisotopic (exact) mass is 355 g/mol. The molecule has 1 saturated heterocycles. The van der Waals surface area contributed by atoms with Crippen LogP contribution in [0.2, 0.25) is 5.02 Å². The summed E-state index contributed by atoms with van der Waals surface area (Å²) in [5, 5.41) is 7.83. The zero-order valence-electron chi connectivity index (χ0n) is 14.2. The standard InChI is InChI=1S/C17H26ClN3O3/c1-23-15-7-8-24-11-12(15)9-19-14-10-20-21(17(22)16(14)18)13-5-3-2-4-6-13/h10,12-13,15,19H,2-9,11H2,1H3. The van der Waals surface area contributed by atoms with Gasteiger partial charge < -0.3 is 14.8 Å². The summed E-state index contributed by atoms with van der Waals surface area (Å²) in [5.74, 6) is 0.237. The fraction of sp³-hybridized carbons (Fsp3) is 0.765. The lowest BCUT2D eigenvalue weighted by atomic mass is 9.96. The summed E-state index contributed by atoms with van der Waals surface area (Å²) in [6.07, 6.45) is 8.27. The maximum Gasteiger partial charge on any atom is 0.287 e. The molecule has 2 aliphatic rings. The van der Waals surface area contributed by atoms with Gasteiger partial charge in [0.1, 0.15) is 5.02 Å². The van der Waals surface area contributed by atoms with Crippen LogP contribution in [-0.4, -0.2) is 42.8 Å². The summed E-state index contributed by atoms with van der Waals surface area (Å²) in [7, 11) is 1.73. The van der Waals surface area contributed by atoms with Crippen LogP contribution in [0.15, 0.2) is 11.0 Å². The second-order valence-electron chi connectivity index (χ2n) is 6.69. The molecule has 1 aromatic heterocycles. The first-order chi connectivity index (χ1) is 11.7. The maximum absolute atomic E-state index is 12.5. The zero-order chi connectivity index (χ0) is 16.9. The second kappa shape index (κ2) is 8.32. The highest BCUT2D eigenvalue weighted by Gasteiger charge is 2.26. The third-order valence-electron chi connectivity index (χ3n) is 5.13. The van der Waals surface area contributed by atoms with Gasteiger partial charge >= 0.3 is 0 Å². The number of halogens is 1. The average molecular weight is 356 g/mol. The highest BCUT2D eigenvalue weighted by Crippen LogP contribution is 2.27. The maximum atomic E-state index is 12.5. The normalized spacial score (nSPS) is 25.6. The van der Waals surface area contributed by atoms with Crippen molar-refractivity contribution in [2.45, 2.75) is 50.7 Å². The largest absolute Gasteiger partial charge is 0.382 e. The Balaban J connectivity index is 1.68. The average Bonchev–Trinajstić information content (AvgIpc) is 2.64. The first kappa shape index (κ1) is 17.7. The van der Waals surface area contributed by atoms with E-state index in [0.29, 0.717) is 18.8 Å². The molecule has 24 heavy (non-hydrogen) atoms. The third kappa shape index (κ3) is 3.92. The van der Waals surface area contributed by atoms with E-state index in [4.69, 9.17) is 21.1 Å². The Morgan fingerprint density at radius 3 is 2.92 bits per heavy atom. The van der Waals surface area contributed by atoms with Crippen molar-refractivity contribution in [3.8, 4) is 0 Å². The minimum Gasteiger partial charge on any atom is -0.382 e. The van der Waals surface area contributed by atoms with Gasteiger partial charge in [0.05, 0.1) is 30.6 Å². The molecule has 2 unspecified atom stereocenters. The lowest BCUT2D eigenvalue weighted by Crippen LogP contribution is -2.38. The van der Waals surface area contributed by atoms with Crippen LogP contribution >= 0.6 is 11.6 Å². The fourth-order valence-electron chi connectivity index (χ4n) is 3.67.